The fourth-order valence-corrected chi connectivity index (χ4v) is 3.55. The highest BCUT2D eigenvalue weighted by Crippen LogP contribution is 2.30. The maximum Gasteiger partial charge on any atom is 0.322 e. The molecule has 1 fully saturated rings. The van der Waals surface area contributed by atoms with Crippen LogP contribution >= 0.6 is 0 Å². The van der Waals surface area contributed by atoms with Gasteiger partial charge in [-0.05, 0) is 42.9 Å². The van der Waals surface area contributed by atoms with Crippen LogP contribution in [-0.4, -0.2) is 28.2 Å². The lowest BCUT2D eigenvalue weighted by molar-refractivity contribution is 0.0262. The molecule has 0 bridgehead atoms. The summed E-state index contributed by atoms with van der Waals surface area (Å²) < 4.78 is 0. The number of anilines is 1. The summed E-state index contributed by atoms with van der Waals surface area (Å²) in [6.07, 6.45) is 3.76. The zero-order valence-electron chi connectivity index (χ0n) is 14.9. The van der Waals surface area contributed by atoms with Crippen LogP contribution in [0.4, 0.5) is 10.5 Å². The fourth-order valence-electron chi connectivity index (χ4n) is 3.55. The van der Waals surface area contributed by atoms with E-state index in [0.29, 0.717) is 18.9 Å². The van der Waals surface area contributed by atoms with Crippen molar-refractivity contribution in [1.82, 2.24) is 4.90 Å². The number of urea groups is 1. The van der Waals surface area contributed by atoms with Crippen LogP contribution in [0.3, 0.4) is 0 Å². The van der Waals surface area contributed by atoms with Gasteiger partial charge in [-0.1, -0.05) is 54.6 Å². The third-order valence-electron chi connectivity index (χ3n) is 5.04. The van der Waals surface area contributed by atoms with E-state index in [1.54, 1.807) is 4.90 Å². The number of benzene rings is 2. The second kappa shape index (κ2) is 8.68. The van der Waals surface area contributed by atoms with Gasteiger partial charge in [-0.3, -0.25) is 0 Å². The summed E-state index contributed by atoms with van der Waals surface area (Å²) >= 11 is 0. The van der Waals surface area contributed by atoms with Gasteiger partial charge in [-0.25, -0.2) is 4.79 Å². The van der Waals surface area contributed by atoms with Crippen LogP contribution in [0.1, 0.15) is 24.8 Å². The maximum absolute atomic E-state index is 13.0. The first-order chi connectivity index (χ1) is 12.7. The summed E-state index contributed by atoms with van der Waals surface area (Å²) in [7, 11) is 0. The Hall–Kier alpha value is -2.59. The summed E-state index contributed by atoms with van der Waals surface area (Å²) in [5.74, 6) is 0.325. The first-order valence-corrected chi connectivity index (χ1v) is 9.14. The molecular formula is C22H26N2O2. The summed E-state index contributed by atoms with van der Waals surface area (Å²) in [5, 5.41) is 13.6. The predicted octanol–water partition coefficient (Wildman–Crippen LogP) is 4.44. The van der Waals surface area contributed by atoms with Gasteiger partial charge in [0.15, 0.2) is 0 Å². The molecule has 0 spiro atoms. The summed E-state index contributed by atoms with van der Waals surface area (Å²) in [6.45, 7) is 4.36. The molecule has 3 unspecified atom stereocenters. The molecule has 2 N–H and O–H groups in total. The molecule has 4 nitrogen and oxygen atoms in total. The molecule has 3 rings (SSSR count). The normalized spacial score (nSPS) is 22.4. The Balaban J connectivity index is 1.83. The highest BCUT2D eigenvalue weighted by Gasteiger charge is 2.35. The molecule has 0 aromatic heterocycles. The predicted molar refractivity (Wildman–Crippen MR) is 105 cm³/mol. The fraction of sp³-hybridized carbons (Fsp3) is 0.318. The highest BCUT2D eigenvalue weighted by molar-refractivity contribution is 5.89. The number of rotatable bonds is 5. The molecular weight excluding hydrogens is 324 g/mol. The lowest BCUT2D eigenvalue weighted by Gasteiger charge is -2.40. The molecule has 2 aromatic carbocycles. The summed E-state index contributed by atoms with van der Waals surface area (Å²) in [5.41, 5.74) is 1.80. The Morgan fingerprint density at radius 1 is 1.12 bits per heavy atom. The Morgan fingerprint density at radius 2 is 1.77 bits per heavy atom. The van der Waals surface area contributed by atoms with E-state index < -0.39 is 6.10 Å². The Morgan fingerprint density at radius 3 is 2.42 bits per heavy atom. The van der Waals surface area contributed by atoms with Crippen LogP contribution in [0.15, 0.2) is 73.3 Å². The van der Waals surface area contributed by atoms with Gasteiger partial charge in [0.1, 0.15) is 0 Å². The molecule has 1 aliphatic carbocycles. The number of hydrogen-bond acceptors (Lipinski definition) is 2. The van der Waals surface area contributed by atoms with Crippen molar-refractivity contribution in [3.63, 3.8) is 0 Å². The molecule has 3 atom stereocenters. The minimum atomic E-state index is -0.517. The zero-order valence-corrected chi connectivity index (χ0v) is 14.9. The van der Waals surface area contributed by atoms with E-state index in [-0.39, 0.29) is 12.1 Å². The van der Waals surface area contributed by atoms with Gasteiger partial charge in [0.05, 0.1) is 12.1 Å². The Kier molecular flexibility index (Phi) is 6.08. The Bertz CT molecular complexity index is 717. The number of aliphatic hydroxyl groups excluding tert-OH is 1. The van der Waals surface area contributed by atoms with Crippen LogP contribution in [0, 0.1) is 5.92 Å². The quantitative estimate of drug-likeness (QED) is 0.784. The third-order valence-corrected chi connectivity index (χ3v) is 5.04. The SMILES string of the molecule is C=CC1CCC(O)C(N(Cc2ccccc2)C(=O)Nc2ccccc2)C1. The summed E-state index contributed by atoms with van der Waals surface area (Å²) in [4.78, 5) is 14.8. The minimum Gasteiger partial charge on any atom is -0.391 e. The molecule has 0 aliphatic heterocycles. The first-order valence-electron chi connectivity index (χ1n) is 9.14. The number of carbonyl (C=O) groups is 1. The molecule has 4 heteroatoms. The number of hydrogen-bond donors (Lipinski definition) is 2. The molecule has 1 saturated carbocycles. The molecule has 0 saturated heterocycles. The van der Waals surface area contributed by atoms with Crippen molar-refractivity contribution >= 4 is 11.7 Å². The lowest BCUT2D eigenvalue weighted by atomic mass is 9.83. The summed E-state index contributed by atoms with van der Waals surface area (Å²) in [6, 6.07) is 18.9. The molecule has 2 aromatic rings. The van der Waals surface area contributed by atoms with Gasteiger partial charge in [-0.15, -0.1) is 6.58 Å². The van der Waals surface area contributed by atoms with E-state index in [9.17, 15) is 9.90 Å². The van der Waals surface area contributed by atoms with Crippen molar-refractivity contribution < 1.29 is 9.90 Å². The molecule has 0 heterocycles. The van der Waals surface area contributed by atoms with Crippen LogP contribution < -0.4 is 5.32 Å². The molecule has 1 aliphatic rings. The highest BCUT2D eigenvalue weighted by atomic mass is 16.3. The van der Waals surface area contributed by atoms with Crippen molar-refractivity contribution in [3.05, 3.63) is 78.9 Å². The molecule has 0 radical (unpaired) electrons. The lowest BCUT2D eigenvalue weighted by Crippen LogP contribution is -2.51. The van der Waals surface area contributed by atoms with Crippen LogP contribution in [0.5, 0.6) is 0 Å². The minimum absolute atomic E-state index is 0.186. The van der Waals surface area contributed by atoms with Crippen LogP contribution in [-0.2, 0) is 6.54 Å². The van der Waals surface area contributed by atoms with E-state index in [1.807, 2.05) is 66.7 Å². The van der Waals surface area contributed by atoms with Crippen molar-refractivity contribution in [2.75, 3.05) is 5.32 Å². The monoisotopic (exact) mass is 350 g/mol. The second-order valence-electron chi connectivity index (χ2n) is 6.85. The Labute approximate surface area is 155 Å². The molecule has 136 valence electrons. The van der Waals surface area contributed by atoms with E-state index in [1.165, 1.54) is 0 Å². The van der Waals surface area contributed by atoms with E-state index >= 15 is 0 Å². The molecule has 26 heavy (non-hydrogen) atoms. The van der Waals surface area contributed by atoms with Crippen molar-refractivity contribution in [2.24, 2.45) is 5.92 Å². The third kappa shape index (κ3) is 4.52. The van der Waals surface area contributed by atoms with Crippen molar-refractivity contribution in [2.45, 2.75) is 38.0 Å². The number of nitrogens with one attached hydrogen (secondary N) is 1. The van der Waals surface area contributed by atoms with E-state index in [0.717, 1.165) is 24.1 Å². The van der Waals surface area contributed by atoms with E-state index in [2.05, 4.69) is 11.9 Å². The molecule has 2 amide bonds. The largest absolute Gasteiger partial charge is 0.391 e. The van der Waals surface area contributed by atoms with Crippen molar-refractivity contribution in [3.8, 4) is 0 Å². The van der Waals surface area contributed by atoms with Gasteiger partial charge in [0, 0.05) is 12.2 Å². The van der Waals surface area contributed by atoms with E-state index in [4.69, 9.17) is 0 Å². The average molecular weight is 350 g/mol. The average Bonchev–Trinajstić information content (AvgIpc) is 2.68. The topological polar surface area (TPSA) is 52.6 Å². The second-order valence-corrected chi connectivity index (χ2v) is 6.85. The van der Waals surface area contributed by atoms with Gasteiger partial charge in [0.25, 0.3) is 0 Å². The first kappa shape index (κ1) is 18.2. The number of para-hydroxylation sites is 1. The smallest absolute Gasteiger partial charge is 0.322 e. The standard InChI is InChI=1S/C22H26N2O2/c1-2-17-13-14-21(25)20(15-17)24(16-18-9-5-3-6-10-18)22(26)23-19-11-7-4-8-12-19/h2-12,17,20-21,25H,1,13-16H2,(H,23,26). The number of nitrogens with zero attached hydrogens (tertiary/aromatic N) is 1. The van der Waals surface area contributed by atoms with Crippen LogP contribution in [0.25, 0.3) is 0 Å². The van der Waals surface area contributed by atoms with Gasteiger partial charge in [0.2, 0.25) is 0 Å². The number of allylic oxidation sites excluding steroid dienone is 1. The number of carbonyl (C=O) groups excluding carboxylic acids is 1. The maximum atomic E-state index is 13.0. The van der Waals surface area contributed by atoms with Gasteiger partial charge >= 0.3 is 6.03 Å². The van der Waals surface area contributed by atoms with Crippen molar-refractivity contribution in [1.29, 1.82) is 0 Å². The number of aliphatic hydroxyl groups is 1. The van der Waals surface area contributed by atoms with Gasteiger partial charge in [-0.2, -0.15) is 0 Å². The zero-order chi connectivity index (χ0) is 18.4. The van der Waals surface area contributed by atoms with Crippen LogP contribution in [0.2, 0.25) is 0 Å². The number of amides is 2. The van der Waals surface area contributed by atoms with Gasteiger partial charge < -0.3 is 15.3 Å².